The van der Waals surface area contributed by atoms with Crippen molar-refractivity contribution in [3.8, 4) is 0 Å². The van der Waals surface area contributed by atoms with Gasteiger partial charge in [-0.15, -0.1) is 0 Å². The number of amides is 1. The molecule has 2 N–H and O–H groups in total. The van der Waals surface area contributed by atoms with Crippen LogP contribution < -0.4 is 5.73 Å². The molecule has 0 spiro atoms. The van der Waals surface area contributed by atoms with Gasteiger partial charge in [-0.05, 0) is 44.4 Å². The number of carbonyl (C=O) groups is 1. The van der Waals surface area contributed by atoms with E-state index < -0.39 is 0 Å². The normalized spacial score (nSPS) is 33.5. The molecule has 3 fully saturated rings. The van der Waals surface area contributed by atoms with E-state index in [1.807, 2.05) is 0 Å². The summed E-state index contributed by atoms with van der Waals surface area (Å²) in [6.07, 6.45) is 9.23. The van der Waals surface area contributed by atoms with Crippen molar-refractivity contribution in [1.82, 2.24) is 4.90 Å². The molecule has 0 unspecified atom stereocenters. The molecule has 1 aliphatic carbocycles. The number of likely N-dealkylation sites (tertiary alicyclic amines) is 1. The molecule has 20 heavy (non-hydrogen) atoms. The van der Waals surface area contributed by atoms with Crippen LogP contribution in [0, 0.1) is 11.3 Å². The molecule has 1 saturated carbocycles. The number of nitrogens with two attached hydrogens (primary N) is 1. The third-order valence-electron chi connectivity index (χ3n) is 5.80. The monoisotopic (exact) mass is 280 g/mol. The van der Waals surface area contributed by atoms with Gasteiger partial charge in [-0.1, -0.05) is 12.8 Å². The molecule has 0 aromatic carbocycles. The molecule has 2 saturated heterocycles. The zero-order chi connectivity index (χ0) is 14.0. The predicted octanol–water partition coefficient (Wildman–Crippen LogP) is 1.92. The average molecular weight is 280 g/mol. The lowest BCUT2D eigenvalue weighted by molar-refractivity contribution is -0.153. The van der Waals surface area contributed by atoms with Crippen molar-refractivity contribution in [2.75, 3.05) is 26.3 Å². The van der Waals surface area contributed by atoms with Gasteiger partial charge in [0.2, 0.25) is 5.91 Å². The Morgan fingerprint density at radius 2 is 1.85 bits per heavy atom. The molecular weight excluding hydrogens is 252 g/mol. The molecule has 0 radical (unpaired) electrons. The number of rotatable bonds is 2. The highest BCUT2D eigenvalue weighted by Crippen LogP contribution is 2.39. The van der Waals surface area contributed by atoms with Gasteiger partial charge in [0.15, 0.2) is 0 Å². The van der Waals surface area contributed by atoms with E-state index >= 15 is 0 Å². The Labute approximate surface area is 122 Å². The SMILES string of the molecule is NCC1(C(=O)N2CCC[C@H]3CCCC[C@H]32)CCOCC1. The quantitative estimate of drug-likeness (QED) is 0.841. The minimum absolute atomic E-state index is 0.333. The Morgan fingerprint density at radius 1 is 1.15 bits per heavy atom. The summed E-state index contributed by atoms with van der Waals surface area (Å²) in [5.41, 5.74) is 5.68. The Balaban J connectivity index is 1.77. The van der Waals surface area contributed by atoms with Crippen LogP contribution in [0.15, 0.2) is 0 Å². The lowest BCUT2D eigenvalue weighted by Gasteiger charge is -2.48. The molecule has 0 aromatic heterocycles. The van der Waals surface area contributed by atoms with Gasteiger partial charge >= 0.3 is 0 Å². The van der Waals surface area contributed by atoms with Gasteiger partial charge in [0.1, 0.15) is 0 Å². The fraction of sp³-hybridized carbons (Fsp3) is 0.938. The maximum atomic E-state index is 13.2. The van der Waals surface area contributed by atoms with E-state index in [4.69, 9.17) is 10.5 Å². The fourth-order valence-electron chi connectivity index (χ4n) is 4.45. The first-order chi connectivity index (χ1) is 9.77. The first-order valence-corrected chi connectivity index (χ1v) is 8.36. The Kier molecular flexibility index (Phi) is 4.32. The second-order valence-corrected chi connectivity index (χ2v) is 6.85. The van der Waals surface area contributed by atoms with Crippen molar-refractivity contribution >= 4 is 5.91 Å². The number of fused-ring (bicyclic) bond motifs is 1. The number of carbonyl (C=O) groups excluding carboxylic acids is 1. The van der Waals surface area contributed by atoms with Crippen LogP contribution in [-0.2, 0) is 9.53 Å². The van der Waals surface area contributed by atoms with Crippen LogP contribution in [0.3, 0.4) is 0 Å². The summed E-state index contributed by atoms with van der Waals surface area (Å²) in [6, 6.07) is 0.497. The molecule has 3 rings (SSSR count). The summed E-state index contributed by atoms with van der Waals surface area (Å²) in [6.45, 7) is 2.79. The summed E-state index contributed by atoms with van der Waals surface area (Å²) < 4.78 is 5.44. The van der Waals surface area contributed by atoms with Crippen LogP contribution in [-0.4, -0.2) is 43.2 Å². The molecule has 0 aromatic rings. The van der Waals surface area contributed by atoms with E-state index in [0.717, 1.165) is 25.3 Å². The number of hydrogen-bond acceptors (Lipinski definition) is 3. The van der Waals surface area contributed by atoms with Gasteiger partial charge in [-0.3, -0.25) is 4.79 Å². The van der Waals surface area contributed by atoms with Crippen molar-refractivity contribution < 1.29 is 9.53 Å². The molecule has 1 amide bonds. The molecular formula is C16H28N2O2. The molecule has 2 heterocycles. The summed E-state index contributed by atoms with van der Waals surface area (Å²) in [7, 11) is 0. The average Bonchev–Trinajstić information content (AvgIpc) is 2.54. The largest absolute Gasteiger partial charge is 0.381 e. The second-order valence-electron chi connectivity index (χ2n) is 6.85. The maximum Gasteiger partial charge on any atom is 0.230 e. The molecule has 3 aliphatic rings. The number of ether oxygens (including phenoxy) is 1. The highest BCUT2D eigenvalue weighted by atomic mass is 16.5. The van der Waals surface area contributed by atoms with Crippen LogP contribution in [0.1, 0.15) is 51.4 Å². The smallest absolute Gasteiger partial charge is 0.230 e. The molecule has 2 aliphatic heterocycles. The van der Waals surface area contributed by atoms with Crippen molar-refractivity contribution in [2.45, 2.75) is 57.4 Å². The second kappa shape index (κ2) is 6.02. The third-order valence-corrected chi connectivity index (χ3v) is 5.80. The number of piperidine rings is 1. The molecule has 4 heteroatoms. The zero-order valence-corrected chi connectivity index (χ0v) is 12.5. The van der Waals surface area contributed by atoms with Gasteiger partial charge in [0.05, 0.1) is 5.41 Å². The van der Waals surface area contributed by atoms with Crippen molar-refractivity contribution in [3.05, 3.63) is 0 Å². The van der Waals surface area contributed by atoms with Gasteiger partial charge in [-0.25, -0.2) is 0 Å². The number of nitrogens with zero attached hydrogens (tertiary/aromatic N) is 1. The van der Waals surface area contributed by atoms with E-state index in [0.29, 0.717) is 31.7 Å². The van der Waals surface area contributed by atoms with Gasteiger partial charge in [0.25, 0.3) is 0 Å². The lowest BCUT2D eigenvalue weighted by Crippen LogP contribution is -2.57. The minimum Gasteiger partial charge on any atom is -0.381 e. The molecule has 4 nitrogen and oxygen atoms in total. The molecule has 114 valence electrons. The molecule has 0 bridgehead atoms. The Bertz CT molecular complexity index is 350. The molecule has 2 atom stereocenters. The summed E-state index contributed by atoms with van der Waals surface area (Å²) in [4.78, 5) is 15.4. The van der Waals surface area contributed by atoms with E-state index in [2.05, 4.69) is 4.90 Å². The van der Waals surface area contributed by atoms with Crippen LogP contribution in [0.5, 0.6) is 0 Å². The topological polar surface area (TPSA) is 55.6 Å². The highest BCUT2D eigenvalue weighted by Gasteiger charge is 2.45. The van der Waals surface area contributed by atoms with E-state index in [9.17, 15) is 4.79 Å². The Hall–Kier alpha value is -0.610. The highest BCUT2D eigenvalue weighted by molar-refractivity contribution is 5.83. The predicted molar refractivity (Wildman–Crippen MR) is 78.2 cm³/mol. The zero-order valence-electron chi connectivity index (χ0n) is 12.5. The van der Waals surface area contributed by atoms with Crippen LogP contribution >= 0.6 is 0 Å². The number of hydrogen-bond donors (Lipinski definition) is 1. The van der Waals surface area contributed by atoms with Crippen LogP contribution in [0.2, 0.25) is 0 Å². The summed E-state index contributed by atoms with van der Waals surface area (Å²) >= 11 is 0. The minimum atomic E-state index is -0.336. The van der Waals surface area contributed by atoms with E-state index in [-0.39, 0.29) is 5.41 Å². The van der Waals surface area contributed by atoms with Crippen molar-refractivity contribution in [3.63, 3.8) is 0 Å². The van der Waals surface area contributed by atoms with Gasteiger partial charge < -0.3 is 15.4 Å². The van der Waals surface area contributed by atoms with E-state index in [1.54, 1.807) is 0 Å². The van der Waals surface area contributed by atoms with Crippen LogP contribution in [0.25, 0.3) is 0 Å². The first-order valence-electron chi connectivity index (χ1n) is 8.36. The lowest BCUT2D eigenvalue weighted by atomic mass is 9.74. The first kappa shape index (κ1) is 14.3. The summed E-state index contributed by atoms with van der Waals surface area (Å²) in [5.74, 6) is 1.08. The van der Waals surface area contributed by atoms with Gasteiger partial charge in [-0.2, -0.15) is 0 Å². The van der Waals surface area contributed by atoms with Crippen LogP contribution in [0.4, 0.5) is 0 Å². The van der Waals surface area contributed by atoms with Crippen molar-refractivity contribution in [2.24, 2.45) is 17.1 Å². The summed E-state index contributed by atoms with van der Waals surface area (Å²) in [5, 5.41) is 0. The van der Waals surface area contributed by atoms with Gasteiger partial charge in [0, 0.05) is 32.3 Å². The standard InChI is InChI=1S/C16H28N2O2/c17-12-16(7-10-20-11-8-16)15(19)18-9-3-5-13-4-1-2-6-14(13)18/h13-14H,1-12,17H2/t13-,14-/m1/s1. The fourth-order valence-corrected chi connectivity index (χ4v) is 4.45. The maximum absolute atomic E-state index is 13.2. The third kappa shape index (κ3) is 2.48. The Morgan fingerprint density at radius 3 is 2.60 bits per heavy atom. The van der Waals surface area contributed by atoms with Crippen molar-refractivity contribution in [1.29, 1.82) is 0 Å². The van der Waals surface area contributed by atoms with E-state index in [1.165, 1.54) is 38.5 Å².